The number of para-hydroxylation sites is 1. The van der Waals surface area contributed by atoms with E-state index in [9.17, 15) is 4.79 Å². The highest BCUT2D eigenvalue weighted by Crippen LogP contribution is 2.42. The van der Waals surface area contributed by atoms with Crippen LogP contribution in [-0.4, -0.2) is 22.6 Å². The number of amides is 1. The number of ether oxygens (including phenoxy) is 1. The largest absolute Gasteiger partial charge is 0.465 e. The molecule has 0 spiro atoms. The van der Waals surface area contributed by atoms with Crippen molar-refractivity contribution in [3.63, 3.8) is 0 Å². The fourth-order valence-corrected chi connectivity index (χ4v) is 4.49. The van der Waals surface area contributed by atoms with Gasteiger partial charge in [-0.2, -0.15) is 5.10 Å². The maximum atomic E-state index is 12.9. The number of benzene rings is 3. The Balaban J connectivity index is 1.43. The Morgan fingerprint density at radius 3 is 2.82 bits per heavy atom. The standard InChI is InChI=1S/C25H18Cl2N4O2/c1-14-18-12-17(7-9-21(18)30-29-14)31-13-16(11-24(31)32)15-6-8-19(26)23(10-15)33-25-20(27)4-3-5-22(25)28-2/h3-10,12,16H,11,13H2,1H3,(H,29,30)/t16-/m0/s1. The SMILES string of the molecule is [C-]#[N+]c1cccc(Cl)c1Oc1cc([C@H]2CC(=O)N(c3ccc4n[nH]c(C)c4c3)C2)ccc1Cl. The summed E-state index contributed by atoms with van der Waals surface area (Å²) in [6, 6.07) is 16.3. The molecular formula is C25H18Cl2N4O2. The maximum Gasteiger partial charge on any atom is 0.230 e. The van der Waals surface area contributed by atoms with Gasteiger partial charge in [0.25, 0.3) is 0 Å². The van der Waals surface area contributed by atoms with Gasteiger partial charge >= 0.3 is 0 Å². The summed E-state index contributed by atoms with van der Waals surface area (Å²) in [5.41, 5.74) is 3.92. The lowest BCUT2D eigenvalue weighted by Gasteiger charge is -2.18. The number of halogens is 2. The summed E-state index contributed by atoms with van der Waals surface area (Å²) in [5, 5.41) is 8.96. The number of nitrogens with one attached hydrogen (secondary N) is 1. The molecule has 33 heavy (non-hydrogen) atoms. The third-order valence-electron chi connectivity index (χ3n) is 5.87. The Kier molecular flexibility index (Phi) is 5.45. The highest BCUT2D eigenvalue weighted by atomic mass is 35.5. The second-order valence-corrected chi connectivity index (χ2v) is 8.76. The third kappa shape index (κ3) is 3.91. The number of fused-ring (bicyclic) bond motifs is 1. The summed E-state index contributed by atoms with van der Waals surface area (Å²) < 4.78 is 5.97. The minimum absolute atomic E-state index is 0.0233. The Morgan fingerprint density at radius 2 is 2.00 bits per heavy atom. The zero-order valence-corrected chi connectivity index (χ0v) is 19.1. The van der Waals surface area contributed by atoms with E-state index >= 15 is 0 Å². The van der Waals surface area contributed by atoms with Gasteiger partial charge in [0.05, 0.1) is 22.1 Å². The number of H-pyrrole nitrogens is 1. The van der Waals surface area contributed by atoms with Crippen molar-refractivity contribution < 1.29 is 9.53 Å². The molecule has 0 aliphatic carbocycles. The molecule has 3 aromatic carbocycles. The van der Waals surface area contributed by atoms with Crippen molar-refractivity contribution in [2.45, 2.75) is 19.3 Å². The first-order chi connectivity index (χ1) is 15.9. The molecule has 6 nitrogen and oxygen atoms in total. The van der Waals surface area contributed by atoms with Gasteiger partial charge < -0.3 is 9.64 Å². The first-order valence-electron chi connectivity index (χ1n) is 10.3. The Labute approximate surface area is 200 Å². The normalized spacial score (nSPS) is 15.8. The number of nitrogens with zero attached hydrogens (tertiary/aromatic N) is 3. The van der Waals surface area contributed by atoms with Crippen LogP contribution in [0.4, 0.5) is 11.4 Å². The molecule has 4 aromatic rings. The van der Waals surface area contributed by atoms with Gasteiger partial charge in [0.1, 0.15) is 5.75 Å². The van der Waals surface area contributed by atoms with Crippen LogP contribution in [0.15, 0.2) is 54.6 Å². The van der Waals surface area contributed by atoms with E-state index in [2.05, 4.69) is 15.0 Å². The molecule has 8 heteroatoms. The number of carbonyl (C=O) groups excluding carboxylic acids is 1. The van der Waals surface area contributed by atoms with Gasteiger partial charge in [0.15, 0.2) is 5.75 Å². The van der Waals surface area contributed by atoms with E-state index in [0.29, 0.717) is 34.4 Å². The molecule has 1 fully saturated rings. The van der Waals surface area contributed by atoms with Crippen LogP contribution in [0.3, 0.4) is 0 Å². The fourth-order valence-electron chi connectivity index (χ4n) is 4.12. The third-order valence-corrected chi connectivity index (χ3v) is 6.48. The highest BCUT2D eigenvalue weighted by Gasteiger charge is 2.32. The predicted octanol–water partition coefficient (Wildman–Crippen LogP) is 7.04. The lowest BCUT2D eigenvalue weighted by Crippen LogP contribution is -2.24. The van der Waals surface area contributed by atoms with Crippen LogP contribution in [0.25, 0.3) is 15.7 Å². The monoisotopic (exact) mass is 476 g/mol. The quantitative estimate of drug-likeness (QED) is 0.321. The van der Waals surface area contributed by atoms with Gasteiger partial charge in [0.2, 0.25) is 11.6 Å². The lowest BCUT2D eigenvalue weighted by atomic mass is 9.98. The topological polar surface area (TPSA) is 62.6 Å². The summed E-state index contributed by atoms with van der Waals surface area (Å²) in [4.78, 5) is 18.2. The molecule has 1 N–H and O–H groups in total. The Hall–Kier alpha value is -3.53. The summed E-state index contributed by atoms with van der Waals surface area (Å²) in [6.07, 6.45) is 0.378. The maximum absolute atomic E-state index is 12.9. The zero-order chi connectivity index (χ0) is 23.1. The fraction of sp³-hybridized carbons (Fsp3) is 0.160. The van der Waals surface area contributed by atoms with Crippen LogP contribution in [-0.2, 0) is 4.79 Å². The van der Waals surface area contributed by atoms with E-state index in [-0.39, 0.29) is 17.6 Å². The van der Waals surface area contributed by atoms with Gasteiger partial charge in [0, 0.05) is 35.7 Å². The molecule has 1 aromatic heterocycles. The van der Waals surface area contributed by atoms with Crippen molar-refractivity contribution in [3.8, 4) is 11.5 Å². The van der Waals surface area contributed by atoms with E-state index in [1.54, 1.807) is 29.2 Å². The molecule has 1 aliphatic heterocycles. The molecule has 1 saturated heterocycles. The number of anilines is 1. The Morgan fingerprint density at radius 1 is 1.15 bits per heavy atom. The predicted molar refractivity (Wildman–Crippen MR) is 130 cm³/mol. The van der Waals surface area contributed by atoms with Crippen molar-refractivity contribution in [3.05, 3.63) is 87.3 Å². The van der Waals surface area contributed by atoms with Crippen molar-refractivity contribution in [2.24, 2.45) is 0 Å². The van der Waals surface area contributed by atoms with E-state index < -0.39 is 0 Å². The first-order valence-corrected chi connectivity index (χ1v) is 11.1. The number of aryl methyl sites for hydroxylation is 1. The minimum atomic E-state index is -0.0233. The molecule has 2 heterocycles. The average molecular weight is 477 g/mol. The number of carbonyl (C=O) groups is 1. The van der Waals surface area contributed by atoms with Crippen LogP contribution >= 0.6 is 23.2 Å². The Bertz CT molecular complexity index is 1440. The van der Waals surface area contributed by atoms with E-state index in [1.807, 2.05) is 37.3 Å². The number of rotatable bonds is 4. The molecule has 0 bridgehead atoms. The van der Waals surface area contributed by atoms with Crippen molar-refractivity contribution in [2.75, 3.05) is 11.4 Å². The first kappa shape index (κ1) is 21.3. The molecule has 0 saturated carbocycles. The van der Waals surface area contributed by atoms with E-state index in [0.717, 1.165) is 27.8 Å². The van der Waals surface area contributed by atoms with Crippen LogP contribution in [0.2, 0.25) is 10.0 Å². The van der Waals surface area contributed by atoms with Gasteiger partial charge in [-0.15, -0.1) is 0 Å². The van der Waals surface area contributed by atoms with Crippen molar-refractivity contribution in [1.82, 2.24) is 10.2 Å². The molecule has 5 rings (SSSR count). The molecule has 0 unspecified atom stereocenters. The summed E-state index contributed by atoms with van der Waals surface area (Å²) in [6.45, 7) is 9.87. The van der Waals surface area contributed by atoms with E-state index in [1.165, 1.54) is 0 Å². The van der Waals surface area contributed by atoms with Crippen LogP contribution in [0.1, 0.15) is 23.6 Å². The van der Waals surface area contributed by atoms with Gasteiger partial charge in [-0.1, -0.05) is 41.4 Å². The molecule has 1 atom stereocenters. The van der Waals surface area contributed by atoms with Gasteiger partial charge in [-0.3, -0.25) is 9.89 Å². The molecular weight excluding hydrogens is 459 g/mol. The summed E-state index contributed by atoms with van der Waals surface area (Å²) >= 11 is 12.6. The number of aromatic amines is 1. The minimum Gasteiger partial charge on any atom is -0.465 e. The number of aromatic nitrogens is 2. The number of hydrogen-bond acceptors (Lipinski definition) is 3. The van der Waals surface area contributed by atoms with Crippen LogP contribution < -0.4 is 9.64 Å². The molecule has 1 amide bonds. The summed E-state index contributed by atoms with van der Waals surface area (Å²) in [7, 11) is 0. The summed E-state index contributed by atoms with van der Waals surface area (Å²) in [5.74, 6) is 0.693. The van der Waals surface area contributed by atoms with Crippen LogP contribution in [0, 0.1) is 13.5 Å². The number of hydrogen-bond donors (Lipinski definition) is 1. The second-order valence-electron chi connectivity index (χ2n) is 7.95. The highest BCUT2D eigenvalue weighted by molar-refractivity contribution is 6.33. The van der Waals surface area contributed by atoms with Gasteiger partial charge in [-0.25, -0.2) is 4.85 Å². The molecule has 1 aliphatic rings. The second kappa shape index (κ2) is 8.43. The smallest absolute Gasteiger partial charge is 0.230 e. The van der Waals surface area contributed by atoms with Crippen LogP contribution in [0.5, 0.6) is 11.5 Å². The zero-order valence-electron chi connectivity index (χ0n) is 17.6. The lowest BCUT2D eigenvalue weighted by molar-refractivity contribution is -0.117. The molecule has 164 valence electrons. The van der Waals surface area contributed by atoms with Crippen molar-refractivity contribution >= 4 is 51.4 Å². The van der Waals surface area contributed by atoms with Gasteiger partial charge in [-0.05, 0) is 48.9 Å². The average Bonchev–Trinajstić information content (AvgIpc) is 3.38. The molecule has 0 radical (unpaired) electrons. The van der Waals surface area contributed by atoms with Crippen molar-refractivity contribution in [1.29, 1.82) is 0 Å². The van der Waals surface area contributed by atoms with E-state index in [4.69, 9.17) is 34.5 Å².